The summed E-state index contributed by atoms with van der Waals surface area (Å²) in [5.74, 6) is 0.402. The number of carbonyl (C=O) groups excluding carboxylic acids is 1. The maximum Gasteiger partial charge on any atom is 0.416 e. The van der Waals surface area contributed by atoms with E-state index in [4.69, 9.17) is 0 Å². The summed E-state index contributed by atoms with van der Waals surface area (Å²) in [5.41, 5.74) is -1.35. The number of halogens is 3. The van der Waals surface area contributed by atoms with Crippen molar-refractivity contribution in [2.45, 2.75) is 31.5 Å². The van der Waals surface area contributed by atoms with E-state index in [0.717, 1.165) is 25.3 Å². The lowest BCUT2D eigenvalue weighted by Gasteiger charge is -2.47. The zero-order chi connectivity index (χ0) is 20.1. The fourth-order valence-corrected chi connectivity index (χ4v) is 4.53. The number of piperazine rings is 1. The van der Waals surface area contributed by atoms with Crippen LogP contribution in [0.3, 0.4) is 0 Å². The fourth-order valence-electron chi connectivity index (χ4n) is 4.53. The van der Waals surface area contributed by atoms with Crippen LogP contribution < -0.4 is 4.90 Å². The predicted octanol–water partition coefficient (Wildman–Crippen LogP) is 2.70. The Labute approximate surface area is 159 Å². The van der Waals surface area contributed by atoms with Crippen molar-refractivity contribution in [3.05, 3.63) is 33.9 Å². The number of rotatable bonds is 4. The average molecular weight is 398 g/mol. The van der Waals surface area contributed by atoms with Crippen molar-refractivity contribution in [2.75, 3.05) is 37.7 Å². The molecule has 3 fully saturated rings. The highest BCUT2D eigenvalue weighted by atomic mass is 19.4. The Balaban J connectivity index is 1.41. The van der Waals surface area contributed by atoms with Gasteiger partial charge in [-0.25, -0.2) is 0 Å². The SMILES string of the molecule is O=C1[C@@H]2CCC[C@H]2N1CN1CCN(c2ccc(C(F)(F)F)cc2[N+](=O)[O-])CC1. The van der Waals surface area contributed by atoms with Gasteiger partial charge >= 0.3 is 6.18 Å². The lowest BCUT2D eigenvalue weighted by atomic mass is 9.91. The molecule has 0 N–H and O–H groups in total. The summed E-state index contributed by atoms with van der Waals surface area (Å²) in [7, 11) is 0. The number of hydrogen-bond donors (Lipinski definition) is 0. The first kappa shape index (κ1) is 19.0. The van der Waals surface area contributed by atoms with Crippen LogP contribution in [-0.4, -0.2) is 59.5 Å². The molecule has 1 aliphatic carbocycles. The summed E-state index contributed by atoms with van der Waals surface area (Å²) in [6.45, 7) is 2.67. The van der Waals surface area contributed by atoms with Gasteiger partial charge in [0.05, 0.1) is 23.1 Å². The van der Waals surface area contributed by atoms with Crippen molar-refractivity contribution >= 4 is 17.3 Å². The van der Waals surface area contributed by atoms with Crippen molar-refractivity contribution in [3.63, 3.8) is 0 Å². The molecule has 28 heavy (non-hydrogen) atoms. The second kappa shape index (κ2) is 6.91. The van der Waals surface area contributed by atoms with Gasteiger partial charge in [-0.2, -0.15) is 13.2 Å². The van der Waals surface area contributed by atoms with E-state index < -0.39 is 22.4 Å². The number of amides is 1. The molecule has 10 heteroatoms. The van der Waals surface area contributed by atoms with Crippen molar-refractivity contribution in [2.24, 2.45) is 5.92 Å². The molecule has 2 atom stereocenters. The van der Waals surface area contributed by atoms with Gasteiger partial charge in [-0.15, -0.1) is 0 Å². The number of anilines is 1. The van der Waals surface area contributed by atoms with Crippen LogP contribution in [0, 0.1) is 16.0 Å². The Kier molecular flexibility index (Phi) is 4.68. The molecule has 0 aromatic heterocycles. The minimum atomic E-state index is -4.62. The van der Waals surface area contributed by atoms with E-state index in [0.29, 0.717) is 45.0 Å². The second-order valence-electron chi connectivity index (χ2n) is 7.62. The Morgan fingerprint density at radius 3 is 2.50 bits per heavy atom. The van der Waals surface area contributed by atoms with E-state index in [1.165, 1.54) is 6.07 Å². The Morgan fingerprint density at radius 2 is 1.86 bits per heavy atom. The smallest absolute Gasteiger partial charge is 0.363 e. The van der Waals surface area contributed by atoms with Gasteiger partial charge in [0.25, 0.3) is 5.69 Å². The molecule has 1 aromatic rings. The highest BCUT2D eigenvalue weighted by Gasteiger charge is 2.49. The molecule has 7 nitrogen and oxygen atoms in total. The van der Waals surface area contributed by atoms with Crippen LogP contribution in [0.2, 0.25) is 0 Å². The molecule has 0 radical (unpaired) electrons. The monoisotopic (exact) mass is 398 g/mol. The third-order valence-corrected chi connectivity index (χ3v) is 6.04. The standard InChI is InChI=1S/C18H21F3N4O3/c19-18(20,21)12-4-5-15(16(10-12)25(27)28)23-8-6-22(7-9-23)11-24-14-3-1-2-13(14)17(24)26/h4-5,10,13-14H,1-3,6-9,11H2/t13-,14-/m1/s1. The molecule has 2 heterocycles. The largest absolute Gasteiger partial charge is 0.416 e. The van der Waals surface area contributed by atoms with Crippen molar-refractivity contribution in [1.82, 2.24) is 9.80 Å². The first-order valence-corrected chi connectivity index (χ1v) is 9.39. The first-order chi connectivity index (χ1) is 13.3. The number of nitro benzene ring substituents is 1. The van der Waals surface area contributed by atoms with E-state index in [-0.39, 0.29) is 17.5 Å². The van der Waals surface area contributed by atoms with Gasteiger partial charge in [0.1, 0.15) is 5.69 Å². The quantitative estimate of drug-likeness (QED) is 0.443. The molecule has 2 aliphatic heterocycles. The average Bonchev–Trinajstić information content (AvgIpc) is 3.10. The zero-order valence-electron chi connectivity index (χ0n) is 15.2. The van der Waals surface area contributed by atoms with Gasteiger partial charge in [-0.05, 0) is 25.0 Å². The first-order valence-electron chi connectivity index (χ1n) is 9.39. The van der Waals surface area contributed by atoms with Crippen molar-refractivity contribution in [3.8, 4) is 0 Å². The van der Waals surface area contributed by atoms with E-state index in [9.17, 15) is 28.1 Å². The molecular formula is C18H21F3N4O3. The normalized spacial score (nSPS) is 25.6. The number of fused-ring (bicyclic) bond motifs is 1. The van der Waals surface area contributed by atoms with E-state index in [1.807, 2.05) is 4.90 Å². The van der Waals surface area contributed by atoms with Crippen LogP contribution in [0.25, 0.3) is 0 Å². The van der Waals surface area contributed by atoms with Gasteiger partial charge in [0.15, 0.2) is 0 Å². The molecule has 2 saturated heterocycles. The van der Waals surface area contributed by atoms with Crippen molar-refractivity contribution in [1.29, 1.82) is 0 Å². The lowest BCUT2D eigenvalue weighted by Crippen LogP contribution is -2.62. The third kappa shape index (κ3) is 3.30. The molecule has 0 spiro atoms. The fraction of sp³-hybridized carbons (Fsp3) is 0.611. The lowest BCUT2D eigenvalue weighted by molar-refractivity contribution is -0.384. The second-order valence-corrected chi connectivity index (χ2v) is 7.62. The number of benzene rings is 1. The molecule has 0 unspecified atom stereocenters. The molecule has 0 bridgehead atoms. The maximum absolute atomic E-state index is 12.9. The van der Waals surface area contributed by atoms with Crippen LogP contribution in [0.1, 0.15) is 24.8 Å². The summed E-state index contributed by atoms with van der Waals surface area (Å²) < 4.78 is 38.6. The molecule has 4 rings (SSSR count). The number of nitro groups is 1. The summed E-state index contributed by atoms with van der Waals surface area (Å²) in [5, 5.41) is 11.3. The Morgan fingerprint density at radius 1 is 1.14 bits per heavy atom. The van der Waals surface area contributed by atoms with E-state index >= 15 is 0 Å². The van der Waals surface area contributed by atoms with Gasteiger partial charge in [0.2, 0.25) is 5.91 Å². The van der Waals surface area contributed by atoms with Crippen LogP contribution in [0.5, 0.6) is 0 Å². The van der Waals surface area contributed by atoms with Crippen LogP contribution >= 0.6 is 0 Å². The molecule has 3 aliphatic rings. The molecule has 1 amide bonds. The number of carbonyl (C=O) groups is 1. The summed E-state index contributed by atoms with van der Waals surface area (Å²) in [6, 6.07) is 3.01. The number of alkyl halides is 3. The number of likely N-dealkylation sites (tertiary alicyclic amines) is 1. The highest BCUT2D eigenvalue weighted by molar-refractivity contribution is 5.86. The van der Waals surface area contributed by atoms with Gasteiger partial charge < -0.3 is 9.80 Å². The zero-order valence-corrected chi connectivity index (χ0v) is 15.2. The topological polar surface area (TPSA) is 69.9 Å². The van der Waals surface area contributed by atoms with Crippen LogP contribution in [-0.2, 0) is 11.0 Å². The molecule has 152 valence electrons. The summed E-state index contributed by atoms with van der Waals surface area (Å²) >= 11 is 0. The van der Waals surface area contributed by atoms with Gasteiger partial charge in [-0.3, -0.25) is 19.8 Å². The van der Waals surface area contributed by atoms with Gasteiger partial charge in [-0.1, -0.05) is 6.42 Å². The summed E-state index contributed by atoms with van der Waals surface area (Å²) in [4.78, 5) is 28.5. The third-order valence-electron chi connectivity index (χ3n) is 6.04. The van der Waals surface area contributed by atoms with E-state index in [2.05, 4.69) is 4.90 Å². The molecule has 1 aromatic carbocycles. The predicted molar refractivity (Wildman–Crippen MR) is 94.7 cm³/mol. The van der Waals surface area contributed by atoms with Crippen LogP contribution in [0.4, 0.5) is 24.5 Å². The van der Waals surface area contributed by atoms with E-state index in [1.54, 1.807) is 4.90 Å². The molecule has 1 saturated carbocycles. The minimum Gasteiger partial charge on any atom is -0.363 e. The van der Waals surface area contributed by atoms with Crippen molar-refractivity contribution < 1.29 is 22.9 Å². The number of hydrogen-bond acceptors (Lipinski definition) is 5. The Hall–Kier alpha value is -2.36. The Bertz CT molecular complexity index is 793. The minimum absolute atomic E-state index is 0.191. The highest BCUT2D eigenvalue weighted by Crippen LogP contribution is 2.40. The molecular weight excluding hydrogens is 377 g/mol. The van der Waals surface area contributed by atoms with Crippen LogP contribution in [0.15, 0.2) is 18.2 Å². The number of β-lactam (4-membered cyclic amide) rings is 1. The maximum atomic E-state index is 12.9. The number of nitrogens with zero attached hydrogens (tertiary/aromatic N) is 4. The van der Waals surface area contributed by atoms with Gasteiger partial charge in [0, 0.05) is 38.3 Å². The summed E-state index contributed by atoms with van der Waals surface area (Å²) in [6.07, 6.45) is -1.51.